The van der Waals surface area contributed by atoms with Gasteiger partial charge in [0.2, 0.25) is 0 Å². The molecule has 0 unspecified atom stereocenters. The molecular weight excluding hydrogens is 270 g/mol. The van der Waals surface area contributed by atoms with Crippen LogP contribution in [0.4, 0.5) is 13.9 Å². The fourth-order valence-corrected chi connectivity index (χ4v) is 2.76. The molecule has 19 heavy (non-hydrogen) atoms. The summed E-state index contributed by atoms with van der Waals surface area (Å²) in [5, 5.41) is 5.94. The first kappa shape index (κ1) is 12.5. The van der Waals surface area contributed by atoms with Crippen molar-refractivity contribution >= 4 is 16.5 Å². The zero-order valence-corrected chi connectivity index (χ0v) is 10.8. The second kappa shape index (κ2) is 4.86. The fourth-order valence-electron chi connectivity index (χ4n) is 2.11. The molecule has 0 atom stereocenters. The Morgan fingerprint density at radius 3 is 2.79 bits per heavy atom. The summed E-state index contributed by atoms with van der Waals surface area (Å²) in [7, 11) is 0. The van der Waals surface area contributed by atoms with Gasteiger partial charge in [-0.25, -0.2) is 13.8 Å². The van der Waals surface area contributed by atoms with Crippen molar-refractivity contribution in [2.45, 2.75) is 12.0 Å². The van der Waals surface area contributed by atoms with E-state index in [9.17, 15) is 8.78 Å². The molecule has 2 aromatic rings. The highest BCUT2D eigenvalue weighted by Gasteiger charge is 2.39. The van der Waals surface area contributed by atoms with E-state index in [1.807, 2.05) is 5.38 Å². The van der Waals surface area contributed by atoms with Crippen LogP contribution in [-0.4, -0.2) is 23.7 Å². The Bertz CT molecular complexity index is 570. The number of nitrogens with zero attached hydrogens (tertiary/aromatic N) is 1. The van der Waals surface area contributed by atoms with Gasteiger partial charge in [0.1, 0.15) is 11.6 Å². The van der Waals surface area contributed by atoms with Gasteiger partial charge < -0.3 is 10.1 Å². The van der Waals surface area contributed by atoms with Crippen molar-refractivity contribution in [2.24, 2.45) is 0 Å². The molecule has 1 aliphatic heterocycles. The first-order chi connectivity index (χ1) is 9.17. The second-order valence-electron chi connectivity index (χ2n) is 4.65. The lowest BCUT2D eigenvalue weighted by Crippen LogP contribution is -2.57. The summed E-state index contributed by atoms with van der Waals surface area (Å²) in [5.74, 6) is -1.08. The lowest BCUT2D eigenvalue weighted by Gasteiger charge is -2.42. The average Bonchev–Trinajstić information content (AvgIpc) is 2.82. The van der Waals surface area contributed by atoms with E-state index in [0.29, 0.717) is 25.2 Å². The van der Waals surface area contributed by atoms with Gasteiger partial charge in [-0.05, 0) is 11.6 Å². The Balaban J connectivity index is 1.79. The minimum Gasteiger partial charge on any atom is -0.376 e. The van der Waals surface area contributed by atoms with Crippen molar-refractivity contribution < 1.29 is 13.5 Å². The van der Waals surface area contributed by atoms with Gasteiger partial charge in [0.15, 0.2) is 5.13 Å². The molecular formula is C13H12F2N2OS. The summed E-state index contributed by atoms with van der Waals surface area (Å²) in [6, 6.07) is 3.66. The number of halogens is 2. The summed E-state index contributed by atoms with van der Waals surface area (Å²) in [6.45, 7) is 0.979. The zero-order chi connectivity index (χ0) is 13.3. The molecule has 1 N–H and O–H groups in total. The van der Waals surface area contributed by atoms with Crippen LogP contribution in [0, 0.1) is 11.6 Å². The van der Waals surface area contributed by atoms with Crippen molar-refractivity contribution in [2.75, 3.05) is 18.5 Å². The minimum atomic E-state index is -0.562. The van der Waals surface area contributed by atoms with Crippen LogP contribution in [0.25, 0.3) is 0 Å². The molecule has 0 radical (unpaired) electrons. The third-order valence-electron chi connectivity index (χ3n) is 3.11. The molecule has 1 saturated heterocycles. The lowest BCUT2D eigenvalue weighted by molar-refractivity contribution is -0.0414. The topological polar surface area (TPSA) is 34.2 Å². The standard InChI is InChI=1S/C13H12F2N2OS/c14-10-2-1-9(11(15)5-10)6-13(7-18-8-13)17-12-16-3-4-19-12/h1-5H,6-8H2,(H,16,17). The molecule has 100 valence electrons. The molecule has 6 heteroatoms. The van der Waals surface area contributed by atoms with Gasteiger partial charge in [0.05, 0.1) is 18.8 Å². The van der Waals surface area contributed by atoms with Crippen molar-refractivity contribution in [3.8, 4) is 0 Å². The fraction of sp³-hybridized carbons (Fsp3) is 0.308. The molecule has 1 aliphatic rings. The van der Waals surface area contributed by atoms with Gasteiger partial charge in [-0.1, -0.05) is 6.07 Å². The molecule has 1 aromatic heterocycles. The molecule has 3 rings (SSSR count). The van der Waals surface area contributed by atoms with E-state index in [-0.39, 0.29) is 5.54 Å². The number of hydrogen-bond acceptors (Lipinski definition) is 4. The van der Waals surface area contributed by atoms with Crippen LogP contribution >= 0.6 is 11.3 Å². The van der Waals surface area contributed by atoms with Crippen molar-refractivity contribution in [3.05, 3.63) is 47.0 Å². The maximum Gasteiger partial charge on any atom is 0.183 e. The van der Waals surface area contributed by atoms with Gasteiger partial charge in [0, 0.05) is 24.1 Å². The third-order valence-corrected chi connectivity index (χ3v) is 3.79. The van der Waals surface area contributed by atoms with E-state index in [4.69, 9.17) is 4.74 Å². The SMILES string of the molecule is Fc1ccc(CC2(Nc3nccs3)COC2)c(F)c1. The maximum absolute atomic E-state index is 13.7. The van der Waals surface area contributed by atoms with E-state index < -0.39 is 11.6 Å². The maximum atomic E-state index is 13.7. The first-order valence-corrected chi connectivity index (χ1v) is 6.74. The third kappa shape index (κ3) is 2.59. The number of rotatable bonds is 4. The summed E-state index contributed by atoms with van der Waals surface area (Å²) in [6.07, 6.45) is 2.15. The van der Waals surface area contributed by atoms with Crippen LogP contribution in [-0.2, 0) is 11.2 Å². The number of aromatic nitrogens is 1. The summed E-state index contributed by atoms with van der Waals surface area (Å²) in [4.78, 5) is 4.16. The highest BCUT2D eigenvalue weighted by atomic mass is 32.1. The number of hydrogen-bond donors (Lipinski definition) is 1. The molecule has 0 spiro atoms. The molecule has 0 aliphatic carbocycles. The summed E-state index contributed by atoms with van der Waals surface area (Å²) < 4.78 is 31.8. The second-order valence-corrected chi connectivity index (χ2v) is 5.54. The predicted molar refractivity (Wildman–Crippen MR) is 69.3 cm³/mol. The molecule has 2 heterocycles. The van der Waals surface area contributed by atoms with Crippen LogP contribution in [0.1, 0.15) is 5.56 Å². The van der Waals surface area contributed by atoms with E-state index >= 15 is 0 Å². The normalized spacial score (nSPS) is 16.9. The highest BCUT2D eigenvalue weighted by molar-refractivity contribution is 7.13. The number of nitrogens with one attached hydrogen (secondary N) is 1. The van der Waals surface area contributed by atoms with Gasteiger partial charge >= 0.3 is 0 Å². The van der Waals surface area contributed by atoms with E-state index in [1.165, 1.54) is 23.5 Å². The van der Waals surface area contributed by atoms with Crippen LogP contribution in [0.3, 0.4) is 0 Å². The monoisotopic (exact) mass is 282 g/mol. The van der Waals surface area contributed by atoms with Crippen molar-refractivity contribution in [1.29, 1.82) is 0 Å². The molecule has 1 aromatic carbocycles. The predicted octanol–water partition coefficient (Wildman–Crippen LogP) is 2.84. The summed E-state index contributed by atoms with van der Waals surface area (Å²) in [5.41, 5.74) is 0.130. The van der Waals surface area contributed by atoms with E-state index in [1.54, 1.807) is 6.20 Å². The molecule has 0 amide bonds. The molecule has 0 saturated carbocycles. The first-order valence-electron chi connectivity index (χ1n) is 5.86. The van der Waals surface area contributed by atoms with Crippen LogP contribution in [0.5, 0.6) is 0 Å². The number of thiazole rings is 1. The Morgan fingerprint density at radius 1 is 1.37 bits per heavy atom. The smallest absolute Gasteiger partial charge is 0.183 e. The minimum absolute atomic E-state index is 0.351. The molecule has 3 nitrogen and oxygen atoms in total. The largest absolute Gasteiger partial charge is 0.376 e. The quantitative estimate of drug-likeness (QED) is 0.936. The van der Waals surface area contributed by atoms with E-state index in [2.05, 4.69) is 10.3 Å². The highest BCUT2D eigenvalue weighted by Crippen LogP contribution is 2.29. The van der Waals surface area contributed by atoms with Gasteiger partial charge in [-0.15, -0.1) is 11.3 Å². The van der Waals surface area contributed by atoms with Crippen LogP contribution < -0.4 is 5.32 Å². The number of ether oxygens (including phenoxy) is 1. The van der Waals surface area contributed by atoms with Gasteiger partial charge in [-0.3, -0.25) is 0 Å². The Kier molecular flexibility index (Phi) is 3.20. The van der Waals surface area contributed by atoms with Crippen LogP contribution in [0.15, 0.2) is 29.8 Å². The lowest BCUT2D eigenvalue weighted by atomic mass is 9.89. The summed E-state index contributed by atoms with van der Waals surface area (Å²) >= 11 is 1.48. The van der Waals surface area contributed by atoms with Gasteiger partial charge in [-0.2, -0.15) is 0 Å². The molecule has 1 fully saturated rings. The Morgan fingerprint density at radius 2 is 2.21 bits per heavy atom. The Hall–Kier alpha value is -1.53. The number of benzene rings is 1. The van der Waals surface area contributed by atoms with E-state index in [0.717, 1.165) is 11.2 Å². The average molecular weight is 282 g/mol. The van der Waals surface area contributed by atoms with Crippen molar-refractivity contribution in [3.63, 3.8) is 0 Å². The zero-order valence-electron chi connectivity index (χ0n) is 10.0. The molecule has 0 bridgehead atoms. The van der Waals surface area contributed by atoms with Crippen molar-refractivity contribution in [1.82, 2.24) is 4.98 Å². The Labute approximate surface area is 113 Å². The van der Waals surface area contributed by atoms with Gasteiger partial charge in [0.25, 0.3) is 0 Å². The number of anilines is 1. The van der Waals surface area contributed by atoms with Crippen LogP contribution in [0.2, 0.25) is 0 Å².